The Labute approximate surface area is 250 Å². The molecule has 41 heavy (non-hydrogen) atoms. The molecular weight excluding hydrogens is 605 g/mol. The molecule has 8 nitrogen and oxygen atoms in total. The van der Waals surface area contributed by atoms with Crippen LogP contribution in [0.1, 0.15) is 16.7 Å². The van der Waals surface area contributed by atoms with Crippen LogP contribution in [-0.4, -0.2) is 29.3 Å². The van der Waals surface area contributed by atoms with E-state index in [1.165, 1.54) is 54.6 Å². The van der Waals surface area contributed by atoms with Crippen LogP contribution in [0.2, 0.25) is 10.0 Å². The number of hydrogen-bond acceptors (Lipinski definition) is 5. The highest BCUT2D eigenvalue weighted by molar-refractivity contribution is 7.93. The van der Waals surface area contributed by atoms with Crippen molar-refractivity contribution in [3.05, 3.63) is 112 Å². The average Bonchev–Trinajstić information content (AvgIpc) is 2.89. The molecule has 0 fully saturated rings. The van der Waals surface area contributed by atoms with Crippen molar-refractivity contribution in [3.63, 3.8) is 0 Å². The van der Waals surface area contributed by atoms with E-state index in [1.54, 1.807) is 24.3 Å². The lowest BCUT2D eigenvalue weighted by atomic mass is 10.1. The van der Waals surface area contributed by atoms with Gasteiger partial charge in [0.1, 0.15) is 6.54 Å². The number of halogens is 2. The highest BCUT2D eigenvalue weighted by atomic mass is 35.5. The topological polar surface area (TPSA) is 113 Å². The Bertz CT molecular complexity index is 1790. The zero-order chi connectivity index (χ0) is 29.9. The predicted octanol–water partition coefficient (Wildman–Crippen LogP) is 6.55. The first-order valence-electron chi connectivity index (χ1n) is 12.3. The second-order valence-corrected chi connectivity index (χ2v) is 13.8. The van der Waals surface area contributed by atoms with Crippen LogP contribution in [0.25, 0.3) is 0 Å². The maximum atomic E-state index is 13.6. The van der Waals surface area contributed by atoms with E-state index in [0.29, 0.717) is 5.69 Å². The molecule has 0 aliphatic rings. The third-order valence-corrected chi connectivity index (χ3v) is 9.86. The number of nitrogens with zero attached hydrogens (tertiary/aromatic N) is 1. The number of carbonyl (C=O) groups is 1. The number of hydrogen-bond donors (Lipinski definition) is 2. The molecule has 0 saturated carbocycles. The molecule has 0 spiro atoms. The van der Waals surface area contributed by atoms with E-state index in [1.807, 2.05) is 26.8 Å². The Morgan fingerprint density at radius 3 is 1.85 bits per heavy atom. The minimum absolute atomic E-state index is 0.00845. The van der Waals surface area contributed by atoms with Crippen molar-refractivity contribution in [3.8, 4) is 0 Å². The maximum Gasteiger partial charge on any atom is 0.264 e. The van der Waals surface area contributed by atoms with Gasteiger partial charge in [-0.25, -0.2) is 16.8 Å². The van der Waals surface area contributed by atoms with E-state index in [4.69, 9.17) is 23.2 Å². The summed E-state index contributed by atoms with van der Waals surface area (Å²) in [7, 11) is -8.07. The number of amides is 1. The number of sulfonamides is 2. The molecule has 4 rings (SSSR count). The summed E-state index contributed by atoms with van der Waals surface area (Å²) in [5.41, 5.74) is 3.67. The van der Waals surface area contributed by atoms with E-state index in [-0.39, 0.29) is 31.2 Å². The fourth-order valence-electron chi connectivity index (χ4n) is 3.90. The van der Waals surface area contributed by atoms with Crippen LogP contribution in [0, 0.1) is 20.8 Å². The minimum atomic E-state index is -4.19. The van der Waals surface area contributed by atoms with Gasteiger partial charge in [-0.1, -0.05) is 47.0 Å². The van der Waals surface area contributed by atoms with Gasteiger partial charge in [-0.15, -0.1) is 0 Å². The Hall–Kier alpha value is -3.57. The summed E-state index contributed by atoms with van der Waals surface area (Å²) in [6.45, 7) is 5.05. The first-order chi connectivity index (χ1) is 19.2. The minimum Gasteiger partial charge on any atom is -0.325 e. The third kappa shape index (κ3) is 7.39. The van der Waals surface area contributed by atoms with Gasteiger partial charge in [-0.05, 0) is 98.6 Å². The van der Waals surface area contributed by atoms with Gasteiger partial charge in [0.2, 0.25) is 5.91 Å². The van der Waals surface area contributed by atoms with Crippen molar-refractivity contribution in [2.75, 3.05) is 20.9 Å². The van der Waals surface area contributed by atoms with Crippen molar-refractivity contribution in [2.45, 2.75) is 30.6 Å². The molecular formula is C29H27Cl2N3O5S2. The molecule has 0 aliphatic heterocycles. The number of rotatable bonds is 9. The molecule has 0 saturated heterocycles. The van der Waals surface area contributed by atoms with Crippen LogP contribution in [-0.2, 0) is 24.8 Å². The van der Waals surface area contributed by atoms with E-state index in [2.05, 4.69) is 10.0 Å². The molecule has 0 atom stereocenters. The summed E-state index contributed by atoms with van der Waals surface area (Å²) in [6, 6.07) is 21.2. The summed E-state index contributed by atoms with van der Waals surface area (Å²) < 4.78 is 56.3. The van der Waals surface area contributed by atoms with Crippen LogP contribution < -0.4 is 14.3 Å². The SMILES string of the molecule is Cc1ccc(S(=O)(=O)N(CC(=O)Nc2ccc(S(=O)(=O)Nc3ccc(C)c(C)c3)cc2)c2cc(Cl)cc(Cl)c2)cc1. The largest absolute Gasteiger partial charge is 0.325 e. The molecule has 0 heterocycles. The van der Waals surface area contributed by atoms with Crippen molar-refractivity contribution >= 4 is 66.2 Å². The van der Waals surface area contributed by atoms with Crippen LogP contribution in [0.3, 0.4) is 0 Å². The summed E-state index contributed by atoms with van der Waals surface area (Å²) >= 11 is 12.3. The van der Waals surface area contributed by atoms with Crippen molar-refractivity contribution < 1.29 is 21.6 Å². The van der Waals surface area contributed by atoms with E-state index >= 15 is 0 Å². The van der Waals surface area contributed by atoms with Gasteiger partial charge >= 0.3 is 0 Å². The maximum absolute atomic E-state index is 13.6. The number of nitrogens with one attached hydrogen (secondary N) is 2. The molecule has 0 radical (unpaired) electrons. The molecule has 12 heteroatoms. The Morgan fingerprint density at radius 2 is 1.27 bits per heavy atom. The lowest BCUT2D eigenvalue weighted by Crippen LogP contribution is -2.38. The quantitative estimate of drug-likeness (QED) is 0.217. The molecule has 0 aromatic heterocycles. The van der Waals surface area contributed by atoms with Gasteiger partial charge in [-0.3, -0.25) is 13.8 Å². The monoisotopic (exact) mass is 631 g/mol. The third-order valence-electron chi connectivity index (χ3n) is 6.24. The lowest BCUT2D eigenvalue weighted by Gasteiger charge is -2.24. The molecule has 2 N–H and O–H groups in total. The average molecular weight is 633 g/mol. The summed E-state index contributed by atoms with van der Waals surface area (Å²) in [4.78, 5) is 13.0. The van der Waals surface area contributed by atoms with Crippen LogP contribution in [0.5, 0.6) is 0 Å². The van der Waals surface area contributed by atoms with Crippen molar-refractivity contribution in [1.29, 1.82) is 0 Å². The van der Waals surface area contributed by atoms with Crippen LogP contribution >= 0.6 is 23.2 Å². The summed E-state index contributed by atoms with van der Waals surface area (Å²) in [5.74, 6) is -0.666. The van der Waals surface area contributed by atoms with E-state index in [0.717, 1.165) is 21.0 Å². The van der Waals surface area contributed by atoms with Gasteiger partial charge in [0, 0.05) is 21.4 Å². The normalized spacial score (nSPS) is 11.6. The predicted molar refractivity (Wildman–Crippen MR) is 164 cm³/mol. The van der Waals surface area contributed by atoms with E-state index in [9.17, 15) is 21.6 Å². The Kier molecular flexibility index (Phi) is 8.98. The van der Waals surface area contributed by atoms with Crippen LogP contribution in [0.4, 0.5) is 17.1 Å². The van der Waals surface area contributed by atoms with Crippen molar-refractivity contribution in [2.24, 2.45) is 0 Å². The number of benzene rings is 4. The molecule has 0 bridgehead atoms. The summed E-state index contributed by atoms with van der Waals surface area (Å²) in [5, 5.41) is 3.01. The van der Waals surface area contributed by atoms with Gasteiger partial charge < -0.3 is 5.32 Å². The lowest BCUT2D eigenvalue weighted by molar-refractivity contribution is -0.114. The highest BCUT2D eigenvalue weighted by Crippen LogP contribution is 2.30. The molecule has 1 amide bonds. The smallest absolute Gasteiger partial charge is 0.264 e. The second kappa shape index (κ2) is 12.1. The number of aryl methyl sites for hydroxylation is 3. The molecule has 214 valence electrons. The molecule has 4 aromatic carbocycles. The fourth-order valence-corrected chi connectivity index (χ4v) is 6.87. The zero-order valence-electron chi connectivity index (χ0n) is 22.4. The van der Waals surface area contributed by atoms with Gasteiger partial charge in [0.15, 0.2) is 0 Å². The van der Waals surface area contributed by atoms with Crippen LogP contribution in [0.15, 0.2) is 94.7 Å². The second-order valence-electron chi connectivity index (χ2n) is 9.43. The molecule has 0 aliphatic carbocycles. The van der Waals surface area contributed by atoms with Gasteiger partial charge in [0.05, 0.1) is 15.5 Å². The summed E-state index contributed by atoms with van der Waals surface area (Å²) in [6.07, 6.45) is 0. The Balaban J connectivity index is 1.55. The first kappa shape index (κ1) is 30.4. The first-order valence-corrected chi connectivity index (χ1v) is 16.0. The molecule has 4 aromatic rings. The fraction of sp³-hybridized carbons (Fsp3) is 0.138. The van der Waals surface area contributed by atoms with Crippen molar-refractivity contribution in [1.82, 2.24) is 0 Å². The highest BCUT2D eigenvalue weighted by Gasteiger charge is 2.28. The van der Waals surface area contributed by atoms with Gasteiger partial charge in [-0.2, -0.15) is 0 Å². The van der Waals surface area contributed by atoms with Gasteiger partial charge in [0.25, 0.3) is 20.0 Å². The number of anilines is 3. The molecule has 0 unspecified atom stereocenters. The zero-order valence-corrected chi connectivity index (χ0v) is 25.5. The Morgan fingerprint density at radius 1 is 0.707 bits per heavy atom. The van der Waals surface area contributed by atoms with E-state index < -0.39 is 32.5 Å². The number of carbonyl (C=O) groups excluding carboxylic acids is 1. The standard InChI is InChI=1S/C29H27Cl2N3O5S2/c1-19-4-10-28(11-5-19)41(38,39)34(26-16-22(30)15-23(31)17-26)18-29(35)32-24-8-12-27(13-9-24)40(36,37)33-25-7-6-20(2)21(3)14-25/h4-17,33H,18H2,1-3H3,(H,32,35).